The number of hydrogen-bond acceptors (Lipinski definition) is 1. The van der Waals surface area contributed by atoms with Gasteiger partial charge in [0.15, 0.2) is 0 Å². The van der Waals surface area contributed by atoms with Crippen molar-refractivity contribution in [3.05, 3.63) is 40.7 Å². The normalized spacial score (nSPS) is 12.9. The van der Waals surface area contributed by atoms with Crippen molar-refractivity contribution in [1.82, 2.24) is 0 Å². The Balaban J connectivity index is 2.92. The van der Waals surface area contributed by atoms with E-state index in [1.807, 2.05) is 6.08 Å². The molecule has 0 radical (unpaired) electrons. The Bertz CT molecular complexity index is 405. The quantitative estimate of drug-likeness (QED) is 0.825. The van der Waals surface area contributed by atoms with Gasteiger partial charge in [-0.3, -0.25) is 0 Å². The van der Waals surface area contributed by atoms with E-state index in [9.17, 15) is 4.39 Å². The van der Waals surface area contributed by atoms with E-state index in [1.54, 1.807) is 12.1 Å². The van der Waals surface area contributed by atoms with Crippen molar-refractivity contribution in [1.29, 1.82) is 0 Å². The monoisotopic (exact) mass is 241 g/mol. The molecule has 3 heteroatoms. The lowest BCUT2D eigenvalue weighted by atomic mass is 9.91. The fourth-order valence-corrected chi connectivity index (χ4v) is 1.41. The zero-order valence-electron chi connectivity index (χ0n) is 9.85. The zero-order chi connectivity index (χ0) is 12.3. The number of allylic oxidation sites excluding steroid dienone is 1. The average Bonchev–Trinajstić information content (AvgIpc) is 2.13. The van der Waals surface area contributed by atoms with Gasteiger partial charge >= 0.3 is 0 Å². The molecule has 0 aliphatic heterocycles. The van der Waals surface area contributed by atoms with Crippen LogP contribution in [0, 0.1) is 11.2 Å². The van der Waals surface area contributed by atoms with Crippen molar-refractivity contribution in [2.24, 2.45) is 11.1 Å². The van der Waals surface area contributed by atoms with Crippen molar-refractivity contribution in [3.8, 4) is 0 Å². The molecule has 0 spiro atoms. The zero-order valence-corrected chi connectivity index (χ0v) is 10.6. The minimum Gasteiger partial charge on any atom is -0.398 e. The molecule has 0 unspecified atom stereocenters. The lowest BCUT2D eigenvalue weighted by Crippen LogP contribution is -2.05. The SMILES string of the molecule is CC(C)(C)C/C=C(\N)c1ccc(Cl)cc1F. The number of hydrogen-bond donors (Lipinski definition) is 1. The van der Waals surface area contributed by atoms with Crippen LogP contribution in [-0.4, -0.2) is 0 Å². The fourth-order valence-electron chi connectivity index (χ4n) is 1.25. The van der Waals surface area contributed by atoms with Gasteiger partial charge in [-0.25, -0.2) is 4.39 Å². The molecule has 0 fully saturated rings. The summed E-state index contributed by atoms with van der Waals surface area (Å²) in [7, 11) is 0. The Morgan fingerprint density at radius 1 is 1.44 bits per heavy atom. The number of benzene rings is 1. The Morgan fingerprint density at radius 3 is 2.56 bits per heavy atom. The maximum Gasteiger partial charge on any atom is 0.133 e. The number of rotatable bonds is 2. The van der Waals surface area contributed by atoms with Crippen molar-refractivity contribution in [2.75, 3.05) is 0 Å². The van der Waals surface area contributed by atoms with Crippen LogP contribution in [0.1, 0.15) is 32.8 Å². The minimum atomic E-state index is -0.379. The van der Waals surface area contributed by atoms with Gasteiger partial charge in [-0.15, -0.1) is 0 Å². The molecule has 1 rings (SSSR count). The van der Waals surface area contributed by atoms with Crippen LogP contribution in [0.3, 0.4) is 0 Å². The second-order valence-corrected chi connectivity index (χ2v) is 5.48. The first kappa shape index (κ1) is 13.0. The molecular weight excluding hydrogens is 225 g/mol. The van der Waals surface area contributed by atoms with E-state index >= 15 is 0 Å². The van der Waals surface area contributed by atoms with Crippen LogP contribution in [0.4, 0.5) is 4.39 Å². The van der Waals surface area contributed by atoms with Gasteiger partial charge in [-0.2, -0.15) is 0 Å². The Kier molecular flexibility index (Phi) is 3.98. The first-order chi connectivity index (χ1) is 7.29. The molecule has 2 N–H and O–H groups in total. The van der Waals surface area contributed by atoms with Gasteiger partial charge in [0.2, 0.25) is 0 Å². The summed E-state index contributed by atoms with van der Waals surface area (Å²) in [5.41, 5.74) is 6.85. The third kappa shape index (κ3) is 3.86. The van der Waals surface area contributed by atoms with Crippen LogP contribution in [0.15, 0.2) is 24.3 Å². The molecule has 0 aliphatic rings. The second-order valence-electron chi connectivity index (χ2n) is 5.05. The molecule has 0 aliphatic carbocycles. The van der Waals surface area contributed by atoms with Gasteiger partial charge < -0.3 is 5.73 Å². The predicted molar refractivity (Wildman–Crippen MR) is 67.6 cm³/mol. The molecule has 0 saturated carbocycles. The van der Waals surface area contributed by atoms with Gasteiger partial charge in [0.05, 0.1) is 0 Å². The van der Waals surface area contributed by atoms with Gasteiger partial charge in [-0.05, 0) is 30.0 Å². The van der Waals surface area contributed by atoms with Crippen LogP contribution in [-0.2, 0) is 0 Å². The summed E-state index contributed by atoms with van der Waals surface area (Å²) in [6, 6.07) is 4.51. The highest BCUT2D eigenvalue weighted by Gasteiger charge is 2.10. The predicted octanol–water partition coefficient (Wildman–Crippen LogP) is 4.21. The van der Waals surface area contributed by atoms with Crippen molar-refractivity contribution in [3.63, 3.8) is 0 Å². The summed E-state index contributed by atoms with van der Waals surface area (Å²) in [5.74, 6) is -0.379. The van der Waals surface area contributed by atoms with Gasteiger partial charge in [0, 0.05) is 16.3 Å². The first-order valence-electron chi connectivity index (χ1n) is 5.21. The Hall–Kier alpha value is -1.02. The van der Waals surface area contributed by atoms with E-state index in [-0.39, 0.29) is 11.2 Å². The molecule has 0 aromatic heterocycles. The molecule has 1 aromatic rings. The maximum absolute atomic E-state index is 13.5. The lowest BCUT2D eigenvalue weighted by molar-refractivity contribution is 0.421. The van der Waals surface area contributed by atoms with E-state index in [0.29, 0.717) is 16.3 Å². The smallest absolute Gasteiger partial charge is 0.133 e. The average molecular weight is 242 g/mol. The standard InChI is InChI=1S/C13H17ClFN/c1-13(2,3)7-6-12(16)10-5-4-9(14)8-11(10)15/h4-6,8H,7,16H2,1-3H3/b12-6-. The number of nitrogens with two attached hydrogens (primary N) is 1. The van der Waals surface area contributed by atoms with Gasteiger partial charge in [-0.1, -0.05) is 38.4 Å². The van der Waals surface area contributed by atoms with Crippen LogP contribution < -0.4 is 5.73 Å². The highest BCUT2D eigenvalue weighted by molar-refractivity contribution is 6.30. The summed E-state index contributed by atoms with van der Waals surface area (Å²) in [6.45, 7) is 6.32. The van der Waals surface area contributed by atoms with Crippen LogP contribution >= 0.6 is 11.6 Å². The van der Waals surface area contributed by atoms with Gasteiger partial charge in [0.1, 0.15) is 5.82 Å². The summed E-state index contributed by atoms with van der Waals surface area (Å²) >= 11 is 5.67. The van der Waals surface area contributed by atoms with E-state index in [0.717, 1.165) is 6.42 Å². The fraction of sp³-hybridized carbons (Fsp3) is 0.385. The third-order valence-electron chi connectivity index (χ3n) is 2.18. The van der Waals surface area contributed by atoms with Crippen molar-refractivity contribution in [2.45, 2.75) is 27.2 Å². The molecule has 1 aromatic carbocycles. The Morgan fingerprint density at radius 2 is 2.06 bits per heavy atom. The molecule has 0 atom stereocenters. The summed E-state index contributed by atoms with van der Waals surface area (Å²) in [6.07, 6.45) is 2.66. The molecule has 88 valence electrons. The Labute approximate surface area is 101 Å². The minimum absolute atomic E-state index is 0.146. The molecule has 0 heterocycles. The van der Waals surface area contributed by atoms with Crippen molar-refractivity contribution < 1.29 is 4.39 Å². The summed E-state index contributed by atoms with van der Waals surface area (Å²) in [4.78, 5) is 0. The molecular formula is C13H17ClFN. The topological polar surface area (TPSA) is 26.0 Å². The first-order valence-corrected chi connectivity index (χ1v) is 5.58. The van der Waals surface area contributed by atoms with Crippen LogP contribution in [0.2, 0.25) is 5.02 Å². The maximum atomic E-state index is 13.5. The third-order valence-corrected chi connectivity index (χ3v) is 2.41. The van der Waals surface area contributed by atoms with Crippen molar-refractivity contribution >= 4 is 17.3 Å². The molecule has 16 heavy (non-hydrogen) atoms. The molecule has 0 bridgehead atoms. The number of halogens is 2. The second kappa shape index (κ2) is 4.88. The highest BCUT2D eigenvalue weighted by Crippen LogP contribution is 2.23. The van der Waals surface area contributed by atoms with Crippen LogP contribution in [0.25, 0.3) is 5.70 Å². The van der Waals surface area contributed by atoms with Crippen LogP contribution in [0.5, 0.6) is 0 Å². The highest BCUT2D eigenvalue weighted by atomic mass is 35.5. The summed E-state index contributed by atoms with van der Waals surface area (Å²) in [5, 5.41) is 0.380. The van der Waals surface area contributed by atoms with E-state index in [1.165, 1.54) is 6.07 Å². The molecule has 0 saturated heterocycles. The summed E-state index contributed by atoms with van der Waals surface area (Å²) < 4.78 is 13.5. The van der Waals surface area contributed by atoms with E-state index < -0.39 is 0 Å². The lowest BCUT2D eigenvalue weighted by Gasteiger charge is -2.15. The van der Waals surface area contributed by atoms with E-state index in [2.05, 4.69) is 20.8 Å². The van der Waals surface area contributed by atoms with Gasteiger partial charge in [0.25, 0.3) is 0 Å². The largest absolute Gasteiger partial charge is 0.398 e. The van der Waals surface area contributed by atoms with E-state index in [4.69, 9.17) is 17.3 Å². The molecule has 0 amide bonds. The molecule has 1 nitrogen and oxygen atoms in total.